The van der Waals surface area contributed by atoms with Crippen molar-refractivity contribution in [2.45, 2.75) is 6.92 Å². The van der Waals surface area contributed by atoms with E-state index in [2.05, 4.69) is 98.8 Å². The van der Waals surface area contributed by atoms with E-state index in [1.807, 2.05) is 24.5 Å². The molecule has 3 aromatic carbocycles. The maximum atomic E-state index is 4.66. The van der Waals surface area contributed by atoms with Crippen LogP contribution in [-0.2, 0) is 21.1 Å². The van der Waals surface area contributed by atoms with Gasteiger partial charge in [0.15, 0.2) is 0 Å². The van der Waals surface area contributed by atoms with Gasteiger partial charge in [-0.15, -0.1) is 23.8 Å². The Kier molecular flexibility index (Phi) is 7.01. The monoisotopic (exact) mass is 608 g/mol. The molecule has 6 aromatic rings. The number of pyridine rings is 2. The van der Waals surface area contributed by atoms with Crippen molar-refractivity contribution >= 4 is 21.5 Å². The van der Waals surface area contributed by atoms with E-state index < -0.39 is 0 Å². The van der Waals surface area contributed by atoms with E-state index in [0.29, 0.717) is 0 Å². The maximum Gasteiger partial charge on any atom is 2.00 e. The summed E-state index contributed by atoms with van der Waals surface area (Å²) in [5.74, 6) is 0. The van der Waals surface area contributed by atoms with Gasteiger partial charge in [-0.05, 0) is 33.7 Å². The van der Waals surface area contributed by atoms with Crippen molar-refractivity contribution in [2.24, 2.45) is 0 Å². The SMILES string of the molecule is Cc1cc(-c2nccc3ccccc23)[c-]c(-c2nccc3ccccc23)c1.[Pt+2].c1nc[n-]n1. The van der Waals surface area contributed by atoms with Crippen LogP contribution in [-0.4, -0.2) is 20.1 Å². The Balaban J connectivity index is 0.000000385. The molecule has 5 nitrogen and oxygen atoms in total. The number of rotatable bonds is 2. The van der Waals surface area contributed by atoms with Crippen LogP contribution in [0.3, 0.4) is 0 Å². The van der Waals surface area contributed by atoms with Crippen molar-refractivity contribution in [3.05, 3.63) is 109 Å². The van der Waals surface area contributed by atoms with E-state index in [1.165, 1.54) is 29.0 Å². The van der Waals surface area contributed by atoms with Crippen molar-refractivity contribution < 1.29 is 21.1 Å². The summed E-state index contributed by atoms with van der Waals surface area (Å²) < 4.78 is 0. The minimum absolute atomic E-state index is 0. The van der Waals surface area contributed by atoms with Gasteiger partial charge in [0.25, 0.3) is 0 Å². The molecule has 6 rings (SSSR count). The predicted octanol–water partition coefficient (Wildman–Crippen LogP) is 5.66. The van der Waals surface area contributed by atoms with Crippen LogP contribution in [0, 0.1) is 13.0 Å². The summed E-state index contributed by atoms with van der Waals surface area (Å²) in [6.45, 7) is 2.11. The number of hydrogen-bond acceptors (Lipinski definition) is 4. The molecule has 0 saturated carbocycles. The smallest absolute Gasteiger partial charge is 0.432 e. The third-order valence-corrected chi connectivity index (χ3v) is 5.17. The molecule has 0 spiro atoms. The van der Waals surface area contributed by atoms with Crippen LogP contribution in [0.1, 0.15) is 5.56 Å². The Morgan fingerprint density at radius 1 is 0.727 bits per heavy atom. The second-order valence-corrected chi connectivity index (χ2v) is 7.36. The molecular formula is C27H19N5Pt. The van der Waals surface area contributed by atoms with Crippen LogP contribution in [0.2, 0.25) is 0 Å². The summed E-state index contributed by atoms with van der Waals surface area (Å²) in [6.07, 6.45) is 6.51. The minimum atomic E-state index is 0. The summed E-state index contributed by atoms with van der Waals surface area (Å²) in [4.78, 5) is 12.8. The minimum Gasteiger partial charge on any atom is -0.432 e. The molecule has 3 aromatic heterocycles. The first-order valence-electron chi connectivity index (χ1n) is 10.2. The van der Waals surface area contributed by atoms with Gasteiger partial charge < -0.3 is 10.1 Å². The molecular weight excluding hydrogens is 589 g/mol. The third-order valence-electron chi connectivity index (χ3n) is 5.17. The Hall–Kier alpha value is -3.69. The molecule has 33 heavy (non-hydrogen) atoms. The van der Waals surface area contributed by atoms with E-state index in [1.54, 1.807) is 0 Å². The van der Waals surface area contributed by atoms with Gasteiger partial charge in [0.05, 0.1) is 0 Å². The fraction of sp³-hybridized carbons (Fsp3) is 0.0370. The molecule has 0 atom stereocenters. The molecule has 0 N–H and O–H groups in total. The number of nitrogens with zero attached hydrogens (tertiary/aromatic N) is 5. The normalized spacial score (nSPS) is 10.3. The molecule has 0 unspecified atom stereocenters. The first-order chi connectivity index (χ1) is 15.8. The van der Waals surface area contributed by atoms with Gasteiger partial charge in [0, 0.05) is 30.1 Å². The molecule has 0 radical (unpaired) electrons. The van der Waals surface area contributed by atoms with E-state index in [9.17, 15) is 0 Å². The van der Waals surface area contributed by atoms with E-state index in [-0.39, 0.29) is 21.1 Å². The van der Waals surface area contributed by atoms with Crippen molar-refractivity contribution in [2.75, 3.05) is 0 Å². The zero-order valence-electron chi connectivity index (χ0n) is 17.8. The van der Waals surface area contributed by atoms with Gasteiger partial charge in [0.2, 0.25) is 0 Å². The molecule has 3 heterocycles. The molecule has 0 amide bonds. The van der Waals surface area contributed by atoms with E-state index in [0.717, 1.165) is 33.3 Å². The van der Waals surface area contributed by atoms with Crippen LogP contribution in [0.25, 0.3) is 44.1 Å². The predicted molar refractivity (Wildman–Crippen MR) is 127 cm³/mol. The molecule has 0 saturated heterocycles. The summed E-state index contributed by atoms with van der Waals surface area (Å²) in [5.41, 5.74) is 5.08. The van der Waals surface area contributed by atoms with Gasteiger partial charge in [0.1, 0.15) is 0 Å². The second-order valence-electron chi connectivity index (χ2n) is 7.36. The Labute approximate surface area is 206 Å². The summed E-state index contributed by atoms with van der Waals surface area (Å²) in [7, 11) is 0. The number of benzene rings is 3. The average molecular weight is 609 g/mol. The number of fused-ring (bicyclic) bond motifs is 2. The van der Waals surface area contributed by atoms with Crippen LogP contribution in [0.5, 0.6) is 0 Å². The van der Waals surface area contributed by atoms with Gasteiger partial charge in [-0.2, -0.15) is 0 Å². The Bertz CT molecular complexity index is 1370. The Morgan fingerprint density at radius 3 is 1.73 bits per heavy atom. The van der Waals surface area contributed by atoms with Gasteiger partial charge in [-0.3, -0.25) is 15.1 Å². The molecule has 0 aliphatic carbocycles. The zero-order valence-corrected chi connectivity index (χ0v) is 20.1. The quantitative estimate of drug-likeness (QED) is 0.238. The fourth-order valence-corrected chi connectivity index (χ4v) is 3.79. The molecule has 0 aliphatic heterocycles. The fourth-order valence-electron chi connectivity index (χ4n) is 3.79. The third kappa shape index (κ3) is 4.89. The van der Waals surface area contributed by atoms with Gasteiger partial charge in [-0.25, -0.2) is 0 Å². The van der Waals surface area contributed by atoms with Gasteiger partial charge in [-0.1, -0.05) is 72.9 Å². The second kappa shape index (κ2) is 10.3. The van der Waals surface area contributed by atoms with Crippen molar-refractivity contribution in [1.82, 2.24) is 25.1 Å². The molecule has 0 aliphatic rings. The zero-order chi connectivity index (χ0) is 21.8. The molecule has 0 bridgehead atoms. The summed E-state index contributed by atoms with van der Waals surface area (Å²) in [6, 6.07) is 28.6. The van der Waals surface area contributed by atoms with Crippen LogP contribution < -0.4 is 5.10 Å². The van der Waals surface area contributed by atoms with Crippen LogP contribution in [0.4, 0.5) is 0 Å². The number of aryl methyl sites for hydroxylation is 1. The van der Waals surface area contributed by atoms with E-state index in [4.69, 9.17) is 0 Å². The number of aromatic nitrogens is 5. The van der Waals surface area contributed by atoms with Gasteiger partial charge >= 0.3 is 21.1 Å². The molecule has 162 valence electrons. The summed E-state index contributed by atoms with van der Waals surface area (Å²) >= 11 is 0. The largest absolute Gasteiger partial charge is 2.00 e. The van der Waals surface area contributed by atoms with Crippen molar-refractivity contribution in [1.29, 1.82) is 0 Å². The first-order valence-corrected chi connectivity index (χ1v) is 10.2. The van der Waals surface area contributed by atoms with Crippen LogP contribution >= 0.6 is 0 Å². The van der Waals surface area contributed by atoms with Crippen LogP contribution in [0.15, 0.2) is 97.8 Å². The first kappa shape index (κ1) is 22.5. The average Bonchev–Trinajstić information content (AvgIpc) is 3.43. The number of hydrogen-bond donors (Lipinski definition) is 0. The van der Waals surface area contributed by atoms with Crippen molar-refractivity contribution in [3.8, 4) is 22.5 Å². The summed E-state index contributed by atoms with van der Waals surface area (Å²) in [5, 5.41) is 11.4. The molecule has 6 heteroatoms. The van der Waals surface area contributed by atoms with E-state index >= 15 is 0 Å². The van der Waals surface area contributed by atoms with Crippen molar-refractivity contribution in [3.63, 3.8) is 0 Å². The molecule has 0 fully saturated rings. The standard InChI is InChI=1S/C25H17N2.C2H2N3.Pt/c1-17-14-20(24-22-8-4-2-6-18(22)10-12-26-24)16-21(15-17)25-23-9-5-3-7-19(23)11-13-27-25;1-3-2-5-4-1;/h2-15H,1H3;1-2H;/q2*-1;+2. The topological polar surface area (TPSA) is 65.7 Å². The Morgan fingerprint density at radius 2 is 1.27 bits per heavy atom. The maximum absolute atomic E-state index is 4.66.